The van der Waals surface area contributed by atoms with Crippen LogP contribution in [0.25, 0.3) is 0 Å². The molecule has 0 saturated carbocycles. The number of aldehydes is 1. The molecular formula is C12H10F2O5. The van der Waals surface area contributed by atoms with Crippen LogP contribution in [0.4, 0.5) is 8.78 Å². The van der Waals surface area contributed by atoms with E-state index in [1.54, 1.807) is 0 Å². The van der Waals surface area contributed by atoms with Crippen molar-refractivity contribution in [2.75, 3.05) is 6.61 Å². The van der Waals surface area contributed by atoms with Crippen LogP contribution in [-0.4, -0.2) is 29.9 Å². The van der Waals surface area contributed by atoms with E-state index < -0.39 is 29.0 Å². The van der Waals surface area contributed by atoms with E-state index in [1.165, 1.54) is 6.92 Å². The molecule has 0 fully saturated rings. The Kier molecular flexibility index (Phi) is 4.31. The van der Waals surface area contributed by atoms with Crippen LogP contribution in [0.2, 0.25) is 0 Å². The molecule has 0 heterocycles. The number of carbonyl (C=O) groups is 3. The Labute approximate surface area is 106 Å². The third-order valence-electron chi connectivity index (χ3n) is 2.28. The fourth-order valence-electron chi connectivity index (χ4n) is 1.42. The monoisotopic (exact) mass is 272 g/mol. The number of rotatable bonds is 5. The van der Waals surface area contributed by atoms with Crippen molar-refractivity contribution in [1.29, 1.82) is 0 Å². The third-order valence-corrected chi connectivity index (χ3v) is 2.28. The molecule has 0 bridgehead atoms. The van der Waals surface area contributed by atoms with Crippen molar-refractivity contribution in [2.24, 2.45) is 0 Å². The second kappa shape index (κ2) is 5.55. The summed E-state index contributed by atoms with van der Waals surface area (Å²) in [5.41, 5.74) is -1.91. The summed E-state index contributed by atoms with van der Waals surface area (Å²) in [6, 6.07) is 2.50. The minimum Gasteiger partial charge on any atom is -0.478 e. The first-order chi connectivity index (χ1) is 8.84. The molecule has 102 valence electrons. The first kappa shape index (κ1) is 14.7. The molecule has 1 N–H and O–H groups in total. The number of carbonyl (C=O) groups excluding carboxylic acids is 2. The molecule has 0 amide bonds. The minimum absolute atomic E-state index is 0.0826. The summed E-state index contributed by atoms with van der Waals surface area (Å²) in [6.07, 6.45) is 0.318. The molecule has 1 aromatic rings. The average Bonchev–Trinajstić information content (AvgIpc) is 2.38. The van der Waals surface area contributed by atoms with Gasteiger partial charge in [0.05, 0.1) is 12.2 Å². The average molecular weight is 272 g/mol. The molecule has 19 heavy (non-hydrogen) atoms. The highest BCUT2D eigenvalue weighted by Crippen LogP contribution is 2.32. The third kappa shape index (κ3) is 2.93. The SMILES string of the molecule is CCOC(=O)C(F)(F)c1ccc(C=O)cc1C(=O)O. The zero-order valence-electron chi connectivity index (χ0n) is 9.85. The summed E-state index contributed by atoms with van der Waals surface area (Å²) < 4.78 is 31.7. The Bertz CT molecular complexity index is 525. The summed E-state index contributed by atoms with van der Waals surface area (Å²) in [7, 11) is 0. The summed E-state index contributed by atoms with van der Waals surface area (Å²) in [5.74, 6) is -7.59. The van der Waals surface area contributed by atoms with Crippen LogP contribution in [0, 0.1) is 0 Å². The zero-order valence-corrected chi connectivity index (χ0v) is 9.85. The molecule has 0 aromatic heterocycles. The van der Waals surface area contributed by atoms with Gasteiger partial charge in [0.1, 0.15) is 6.29 Å². The topological polar surface area (TPSA) is 80.7 Å². The maximum atomic E-state index is 13.8. The van der Waals surface area contributed by atoms with Gasteiger partial charge in [0.25, 0.3) is 0 Å². The van der Waals surface area contributed by atoms with Crippen LogP contribution in [0.5, 0.6) is 0 Å². The molecule has 0 atom stereocenters. The molecule has 1 rings (SSSR count). The van der Waals surface area contributed by atoms with Gasteiger partial charge in [0, 0.05) is 11.1 Å². The van der Waals surface area contributed by atoms with Gasteiger partial charge < -0.3 is 9.84 Å². The number of esters is 1. The fraction of sp³-hybridized carbons (Fsp3) is 0.250. The van der Waals surface area contributed by atoms with E-state index in [2.05, 4.69) is 4.74 Å². The molecule has 5 nitrogen and oxygen atoms in total. The van der Waals surface area contributed by atoms with Crippen molar-refractivity contribution in [2.45, 2.75) is 12.8 Å². The minimum atomic E-state index is -4.09. The number of aromatic carboxylic acids is 1. The largest absolute Gasteiger partial charge is 0.478 e. The smallest absolute Gasteiger partial charge is 0.382 e. The van der Waals surface area contributed by atoms with E-state index in [9.17, 15) is 23.2 Å². The van der Waals surface area contributed by atoms with E-state index in [4.69, 9.17) is 5.11 Å². The lowest BCUT2D eigenvalue weighted by Gasteiger charge is -2.17. The van der Waals surface area contributed by atoms with E-state index in [0.717, 1.165) is 18.2 Å². The maximum Gasteiger partial charge on any atom is 0.382 e. The van der Waals surface area contributed by atoms with Crippen molar-refractivity contribution in [3.8, 4) is 0 Å². The van der Waals surface area contributed by atoms with E-state index in [0.29, 0.717) is 6.29 Å². The Morgan fingerprint density at radius 3 is 2.53 bits per heavy atom. The Balaban J connectivity index is 3.36. The van der Waals surface area contributed by atoms with Crippen molar-refractivity contribution in [1.82, 2.24) is 0 Å². The second-order valence-electron chi connectivity index (χ2n) is 3.52. The normalized spacial score (nSPS) is 10.9. The Hall–Kier alpha value is -2.31. The molecule has 0 radical (unpaired) electrons. The van der Waals surface area contributed by atoms with Gasteiger partial charge in [-0.25, -0.2) is 9.59 Å². The quantitative estimate of drug-likeness (QED) is 0.653. The zero-order chi connectivity index (χ0) is 14.6. The first-order valence-electron chi connectivity index (χ1n) is 5.22. The van der Waals surface area contributed by atoms with E-state index in [1.807, 2.05) is 0 Å². The summed E-state index contributed by atoms with van der Waals surface area (Å²) >= 11 is 0. The first-order valence-corrected chi connectivity index (χ1v) is 5.22. The molecule has 0 aliphatic rings. The van der Waals surface area contributed by atoms with Crippen LogP contribution in [0.3, 0.4) is 0 Å². The van der Waals surface area contributed by atoms with Gasteiger partial charge in [-0.05, 0) is 13.0 Å². The highest BCUT2D eigenvalue weighted by Gasteiger charge is 2.45. The summed E-state index contributed by atoms with van der Waals surface area (Å²) in [5, 5.41) is 8.86. The molecule has 0 aliphatic heterocycles. The van der Waals surface area contributed by atoms with Gasteiger partial charge in [0.15, 0.2) is 0 Å². The van der Waals surface area contributed by atoms with Crippen LogP contribution in [0.15, 0.2) is 18.2 Å². The van der Waals surface area contributed by atoms with Gasteiger partial charge in [0.2, 0.25) is 0 Å². The fourth-order valence-corrected chi connectivity index (χ4v) is 1.42. The highest BCUT2D eigenvalue weighted by atomic mass is 19.3. The summed E-state index contributed by atoms with van der Waals surface area (Å²) in [4.78, 5) is 32.6. The number of alkyl halides is 2. The Morgan fingerprint density at radius 1 is 1.42 bits per heavy atom. The molecular weight excluding hydrogens is 262 g/mol. The molecule has 0 spiro atoms. The lowest BCUT2D eigenvalue weighted by atomic mass is 9.99. The number of halogens is 2. The Morgan fingerprint density at radius 2 is 2.05 bits per heavy atom. The predicted octanol–water partition coefficient (Wildman–Crippen LogP) is 1.85. The summed E-state index contributed by atoms with van der Waals surface area (Å²) in [6.45, 7) is 1.09. The van der Waals surface area contributed by atoms with Gasteiger partial charge >= 0.3 is 17.9 Å². The number of ether oxygens (including phenoxy) is 1. The molecule has 0 unspecified atom stereocenters. The number of carboxylic acid groups (broad SMARTS) is 1. The van der Waals surface area contributed by atoms with Gasteiger partial charge in [-0.15, -0.1) is 0 Å². The maximum absolute atomic E-state index is 13.8. The van der Waals surface area contributed by atoms with Crippen LogP contribution >= 0.6 is 0 Å². The van der Waals surface area contributed by atoms with Crippen molar-refractivity contribution in [3.05, 3.63) is 34.9 Å². The number of hydrogen-bond donors (Lipinski definition) is 1. The highest BCUT2D eigenvalue weighted by molar-refractivity contribution is 5.94. The molecule has 0 saturated heterocycles. The van der Waals surface area contributed by atoms with Gasteiger partial charge in [-0.1, -0.05) is 12.1 Å². The van der Waals surface area contributed by atoms with Crippen molar-refractivity contribution >= 4 is 18.2 Å². The number of benzene rings is 1. The lowest BCUT2D eigenvalue weighted by Crippen LogP contribution is -2.30. The van der Waals surface area contributed by atoms with Crippen LogP contribution in [0.1, 0.15) is 33.2 Å². The van der Waals surface area contributed by atoms with Crippen LogP contribution < -0.4 is 0 Å². The second-order valence-corrected chi connectivity index (χ2v) is 3.52. The predicted molar refractivity (Wildman–Crippen MR) is 59.3 cm³/mol. The number of hydrogen-bond acceptors (Lipinski definition) is 4. The molecule has 7 heteroatoms. The number of carboxylic acids is 1. The molecule has 1 aromatic carbocycles. The lowest BCUT2D eigenvalue weighted by molar-refractivity contribution is -0.173. The molecule has 0 aliphatic carbocycles. The standard InChI is InChI=1S/C12H10F2O5/c1-2-19-11(18)12(13,14)9-4-3-7(6-15)5-8(9)10(16)17/h3-6H,2H2,1H3,(H,16,17). The van der Waals surface area contributed by atoms with Crippen LogP contribution in [-0.2, 0) is 15.5 Å². The van der Waals surface area contributed by atoms with E-state index >= 15 is 0 Å². The van der Waals surface area contributed by atoms with Gasteiger partial charge in [-0.2, -0.15) is 8.78 Å². The van der Waals surface area contributed by atoms with E-state index in [-0.39, 0.29) is 12.2 Å². The van der Waals surface area contributed by atoms with Gasteiger partial charge in [-0.3, -0.25) is 4.79 Å². The van der Waals surface area contributed by atoms with Crippen molar-refractivity contribution < 1.29 is 33.0 Å². The van der Waals surface area contributed by atoms with Crippen molar-refractivity contribution in [3.63, 3.8) is 0 Å².